The molecule has 0 bridgehead atoms. The highest BCUT2D eigenvalue weighted by Gasteiger charge is 2.61. The molecule has 2 aromatic carbocycles. The minimum absolute atomic E-state index is 0.0765. The molecule has 0 aliphatic carbocycles. The summed E-state index contributed by atoms with van der Waals surface area (Å²) >= 11 is 0. The number of hydrogen-bond donors (Lipinski definition) is 1. The Morgan fingerprint density at radius 2 is 2.09 bits per heavy atom. The lowest BCUT2D eigenvalue weighted by Gasteiger charge is -2.52. The Hall–Kier alpha value is -3.03. The molecule has 1 aromatic heterocycles. The van der Waals surface area contributed by atoms with Gasteiger partial charge in [-0.1, -0.05) is 30.3 Å². The van der Waals surface area contributed by atoms with Gasteiger partial charge in [-0.05, 0) is 37.1 Å². The van der Waals surface area contributed by atoms with Crippen LogP contribution in [0.3, 0.4) is 0 Å². The number of hydrogen-bond acceptors (Lipinski definition) is 4. The number of benzene rings is 2. The molecule has 3 aromatic rings. The van der Waals surface area contributed by atoms with E-state index in [9.17, 15) is 4.79 Å². The number of rotatable bonds is 4. The topological polar surface area (TPSA) is 53.4 Å². The number of likely N-dealkylation sites (tertiary alicyclic amines) is 1. The first-order valence-corrected chi connectivity index (χ1v) is 11.2. The quantitative estimate of drug-likeness (QED) is 0.690. The van der Waals surface area contributed by atoms with Crippen molar-refractivity contribution in [2.75, 3.05) is 24.5 Å². The van der Waals surface area contributed by atoms with Crippen LogP contribution in [0, 0.1) is 5.82 Å². The summed E-state index contributed by atoms with van der Waals surface area (Å²) in [6.45, 7) is 3.06. The Morgan fingerprint density at radius 1 is 1.22 bits per heavy atom. The van der Waals surface area contributed by atoms with E-state index >= 15 is 4.39 Å². The summed E-state index contributed by atoms with van der Waals surface area (Å²) < 4.78 is 16.8. The van der Waals surface area contributed by atoms with Crippen molar-refractivity contribution in [2.24, 2.45) is 7.05 Å². The zero-order valence-electron chi connectivity index (χ0n) is 18.1. The molecule has 164 valence electrons. The summed E-state index contributed by atoms with van der Waals surface area (Å²) in [7, 11) is 1.84. The summed E-state index contributed by atoms with van der Waals surface area (Å²) in [5, 5.41) is 7.59. The third-order valence-electron chi connectivity index (χ3n) is 7.34. The van der Waals surface area contributed by atoms with Crippen LogP contribution in [0.2, 0.25) is 0 Å². The maximum atomic E-state index is 15.1. The molecular formula is C25H26FN5O. The second-order valence-corrected chi connectivity index (χ2v) is 9.07. The summed E-state index contributed by atoms with van der Waals surface area (Å²) in [6, 6.07) is 13.6. The molecule has 7 heteroatoms. The van der Waals surface area contributed by atoms with E-state index in [1.807, 2.05) is 37.5 Å². The fourth-order valence-electron chi connectivity index (χ4n) is 5.64. The molecule has 4 heterocycles. The number of nitrogens with zero attached hydrogens (tertiary/aromatic N) is 4. The molecule has 2 unspecified atom stereocenters. The SMILES string of the molecule is Cn1cc(-c2ccc(CN3C(=O)C4(CCN4C4CCNC4)c4ccccc43)c(F)c2)cn1. The molecule has 6 nitrogen and oxygen atoms in total. The maximum absolute atomic E-state index is 15.1. The van der Waals surface area contributed by atoms with E-state index in [1.165, 1.54) is 6.07 Å². The van der Waals surface area contributed by atoms with Crippen LogP contribution in [0.4, 0.5) is 10.1 Å². The van der Waals surface area contributed by atoms with E-state index in [1.54, 1.807) is 21.8 Å². The van der Waals surface area contributed by atoms with Gasteiger partial charge in [-0.2, -0.15) is 5.10 Å². The monoisotopic (exact) mass is 431 g/mol. The molecule has 32 heavy (non-hydrogen) atoms. The van der Waals surface area contributed by atoms with Crippen LogP contribution in [-0.2, 0) is 23.9 Å². The lowest BCUT2D eigenvalue weighted by atomic mass is 9.77. The lowest BCUT2D eigenvalue weighted by Crippen LogP contribution is -2.65. The van der Waals surface area contributed by atoms with Crippen molar-refractivity contribution >= 4 is 11.6 Å². The number of fused-ring (bicyclic) bond motifs is 2. The molecule has 2 fully saturated rings. The summed E-state index contributed by atoms with van der Waals surface area (Å²) in [5.74, 6) is -0.226. The van der Waals surface area contributed by atoms with Gasteiger partial charge in [0, 0.05) is 54.8 Å². The number of aromatic nitrogens is 2. The fraction of sp³-hybridized carbons (Fsp3) is 0.360. The van der Waals surface area contributed by atoms with Crippen molar-refractivity contribution in [1.82, 2.24) is 20.0 Å². The molecule has 2 atom stereocenters. The first-order valence-electron chi connectivity index (χ1n) is 11.2. The first-order chi connectivity index (χ1) is 15.6. The maximum Gasteiger partial charge on any atom is 0.252 e. The van der Waals surface area contributed by atoms with Crippen LogP contribution in [0.1, 0.15) is 24.0 Å². The second kappa shape index (κ2) is 7.25. The van der Waals surface area contributed by atoms with Gasteiger partial charge >= 0.3 is 0 Å². The third kappa shape index (κ3) is 2.77. The molecule has 1 N–H and O–H groups in total. The number of carbonyl (C=O) groups is 1. The molecule has 3 aliphatic rings. The van der Waals surface area contributed by atoms with Gasteiger partial charge in [0.15, 0.2) is 0 Å². The number of halogens is 1. The lowest BCUT2D eigenvalue weighted by molar-refractivity contribution is -0.143. The largest absolute Gasteiger partial charge is 0.315 e. The van der Waals surface area contributed by atoms with E-state index in [0.717, 1.165) is 54.9 Å². The van der Waals surface area contributed by atoms with Gasteiger partial charge in [-0.3, -0.25) is 14.4 Å². The van der Waals surface area contributed by atoms with Crippen LogP contribution in [0.5, 0.6) is 0 Å². The van der Waals surface area contributed by atoms with Crippen LogP contribution >= 0.6 is 0 Å². The van der Waals surface area contributed by atoms with Crippen LogP contribution in [0.15, 0.2) is 54.9 Å². The zero-order chi connectivity index (χ0) is 21.9. The average molecular weight is 432 g/mol. The van der Waals surface area contributed by atoms with Gasteiger partial charge < -0.3 is 10.2 Å². The van der Waals surface area contributed by atoms with Gasteiger partial charge in [-0.15, -0.1) is 0 Å². The van der Waals surface area contributed by atoms with Gasteiger partial charge in [0.1, 0.15) is 11.4 Å². The minimum Gasteiger partial charge on any atom is -0.315 e. The predicted octanol–water partition coefficient (Wildman–Crippen LogP) is 3.04. The molecule has 1 amide bonds. The number of nitrogens with one attached hydrogen (secondary N) is 1. The van der Waals surface area contributed by atoms with Crippen molar-refractivity contribution in [1.29, 1.82) is 0 Å². The highest BCUT2D eigenvalue weighted by molar-refractivity contribution is 6.08. The molecular weight excluding hydrogens is 405 g/mol. The first kappa shape index (κ1) is 19.6. The number of amides is 1. The zero-order valence-corrected chi connectivity index (χ0v) is 18.1. The van der Waals surface area contributed by atoms with Crippen molar-refractivity contribution in [3.8, 4) is 11.1 Å². The predicted molar refractivity (Wildman–Crippen MR) is 121 cm³/mol. The number of para-hydroxylation sites is 1. The van der Waals surface area contributed by atoms with E-state index in [-0.39, 0.29) is 18.3 Å². The van der Waals surface area contributed by atoms with E-state index < -0.39 is 5.54 Å². The van der Waals surface area contributed by atoms with Crippen molar-refractivity contribution < 1.29 is 9.18 Å². The molecule has 3 aliphatic heterocycles. The molecule has 0 saturated carbocycles. The molecule has 2 saturated heterocycles. The van der Waals surface area contributed by atoms with Crippen LogP contribution < -0.4 is 10.2 Å². The second-order valence-electron chi connectivity index (χ2n) is 9.07. The molecule has 6 rings (SSSR count). The Labute approximate surface area is 186 Å². The van der Waals surface area contributed by atoms with Crippen molar-refractivity contribution in [2.45, 2.75) is 31.0 Å². The van der Waals surface area contributed by atoms with Crippen molar-refractivity contribution in [3.05, 3.63) is 71.8 Å². The van der Waals surface area contributed by atoms with Crippen molar-refractivity contribution in [3.63, 3.8) is 0 Å². The van der Waals surface area contributed by atoms with E-state index in [4.69, 9.17) is 0 Å². The minimum atomic E-state index is -0.598. The number of anilines is 1. The normalized spacial score (nSPS) is 24.9. The standard InChI is InChI=1S/C25H26FN5O/c1-29-15-19(13-28-29)17-6-7-18(22(26)12-17)16-30-23-5-3-2-4-21(23)25(24(30)32)9-11-31(25)20-8-10-27-14-20/h2-7,12-13,15,20,27H,8-11,14,16H2,1H3. The highest BCUT2D eigenvalue weighted by atomic mass is 19.1. The fourth-order valence-corrected chi connectivity index (χ4v) is 5.64. The summed E-state index contributed by atoms with van der Waals surface area (Å²) in [6.07, 6.45) is 5.46. The summed E-state index contributed by atoms with van der Waals surface area (Å²) in [4.78, 5) is 18.0. The molecule has 1 spiro atoms. The van der Waals surface area contributed by atoms with E-state index in [2.05, 4.69) is 21.4 Å². The van der Waals surface area contributed by atoms with Gasteiger partial charge in [-0.25, -0.2) is 4.39 Å². The Bertz CT molecular complexity index is 1200. The van der Waals surface area contributed by atoms with Crippen LogP contribution in [0.25, 0.3) is 11.1 Å². The Morgan fingerprint density at radius 3 is 2.78 bits per heavy atom. The molecule has 0 radical (unpaired) electrons. The van der Waals surface area contributed by atoms with Gasteiger partial charge in [0.25, 0.3) is 5.91 Å². The van der Waals surface area contributed by atoms with Gasteiger partial charge in [0.05, 0.1) is 12.7 Å². The van der Waals surface area contributed by atoms with E-state index in [0.29, 0.717) is 11.6 Å². The number of carbonyl (C=O) groups excluding carboxylic acids is 1. The third-order valence-corrected chi connectivity index (χ3v) is 7.34. The van der Waals surface area contributed by atoms with Crippen LogP contribution in [-0.4, -0.2) is 46.3 Å². The Kier molecular flexibility index (Phi) is 4.45. The average Bonchev–Trinajstić information content (AvgIpc) is 3.49. The van der Waals surface area contributed by atoms with Gasteiger partial charge in [0.2, 0.25) is 0 Å². The number of aryl methyl sites for hydroxylation is 1. The summed E-state index contributed by atoms with van der Waals surface area (Å²) in [5.41, 5.74) is 3.54. The Balaban J connectivity index is 1.33. The highest BCUT2D eigenvalue weighted by Crippen LogP contribution is 2.53. The smallest absolute Gasteiger partial charge is 0.252 e.